The first-order chi connectivity index (χ1) is 5.38. The molecular formula is C8H12N2O. The van der Waals surface area contributed by atoms with Crippen molar-refractivity contribution in [3.63, 3.8) is 0 Å². The van der Waals surface area contributed by atoms with Crippen LogP contribution in [0.4, 0.5) is 0 Å². The summed E-state index contributed by atoms with van der Waals surface area (Å²) in [6.07, 6.45) is 2.52. The first kappa shape index (κ1) is 8.01. The zero-order valence-corrected chi connectivity index (χ0v) is 6.58. The highest BCUT2D eigenvalue weighted by atomic mass is 16.5. The van der Waals surface area contributed by atoms with E-state index in [-0.39, 0.29) is 0 Å². The molecule has 11 heavy (non-hydrogen) atoms. The number of rotatable bonds is 3. The molecule has 0 bridgehead atoms. The van der Waals surface area contributed by atoms with Crippen molar-refractivity contribution in [1.29, 1.82) is 0 Å². The van der Waals surface area contributed by atoms with Crippen molar-refractivity contribution in [1.82, 2.24) is 4.98 Å². The van der Waals surface area contributed by atoms with Crippen LogP contribution < -0.4 is 10.5 Å². The Bertz CT molecular complexity index is 225. The number of ether oxygens (including phenoxy) is 1. The number of aromatic nitrogens is 1. The Hall–Kier alpha value is -1.09. The van der Waals surface area contributed by atoms with Crippen LogP contribution in [-0.2, 0) is 6.42 Å². The molecule has 0 aliphatic carbocycles. The molecule has 0 aliphatic rings. The number of nitrogens with zero attached hydrogens (tertiary/aromatic N) is 1. The van der Waals surface area contributed by atoms with Gasteiger partial charge in [0.05, 0.1) is 7.11 Å². The molecule has 1 rings (SSSR count). The van der Waals surface area contributed by atoms with Crippen molar-refractivity contribution >= 4 is 0 Å². The Kier molecular flexibility index (Phi) is 2.86. The summed E-state index contributed by atoms with van der Waals surface area (Å²) in [6, 6.07) is 3.85. The van der Waals surface area contributed by atoms with E-state index in [0.717, 1.165) is 12.0 Å². The Labute approximate surface area is 66.2 Å². The molecule has 0 amide bonds. The highest BCUT2D eigenvalue weighted by Gasteiger charge is 1.99. The first-order valence-electron chi connectivity index (χ1n) is 3.56. The molecule has 1 aromatic rings. The predicted octanol–water partition coefficient (Wildman–Crippen LogP) is 0.591. The maximum Gasteiger partial charge on any atom is 0.216 e. The zero-order chi connectivity index (χ0) is 8.10. The van der Waals surface area contributed by atoms with Gasteiger partial charge in [-0.3, -0.25) is 0 Å². The molecule has 1 aromatic heterocycles. The Morgan fingerprint density at radius 2 is 2.45 bits per heavy atom. The minimum Gasteiger partial charge on any atom is -0.481 e. The third-order valence-corrected chi connectivity index (χ3v) is 1.46. The van der Waals surface area contributed by atoms with Crippen molar-refractivity contribution < 1.29 is 4.74 Å². The number of hydrogen-bond acceptors (Lipinski definition) is 3. The molecule has 3 nitrogen and oxygen atoms in total. The van der Waals surface area contributed by atoms with Crippen LogP contribution >= 0.6 is 0 Å². The first-order valence-corrected chi connectivity index (χ1v) is 3.56. The standard InChI is InChI=1S/C8H12N2O/c1-11-8-7(4-5-9)3-2-6-10-8/h2-3,6H,4-5,9H2,1H3. The second kappa shape index (κ2) is 3.93. The quantitative estimate of drug-likeness (QED) is 0.689. The largest absolute Gasteiger partial charge is 0.481 e. The van der Waals surface area contributed by atoms with E-state index < -0.39 is 0 Å². The van der Waals surface area contributed by atoms with Crippen molar-refractivity contribution in [2.75, 3.05) is 13.7 Å². The van der Waals surface area contributed by atoms with Gasteiger partial charge in [-0.05, 0) is 19.0 Å². The van der Waals surface area contributed by atoms with Crippen molar-refractivity contribution in [3.8, 4) is 5.88 Å². The molecule has 1 heterocycles. The lowest BCUT2D eigenvalue weighted by molar-refractivity contribution is 0.392. The lowest BCUT2D eigenvalue weighted by Crippen LogP contribution is -2.04. The summed E-state index contributed by atoms with van der Waals surface area (Å²) in [7, 11) is 1.61. The van der Waals surface area contributed by atoms with Gasteiger partial charge in [0.2, 0.25) is 5.88 Å². The van der Waals surface area contributed by atoms with E-state index in [1.807, 2.05) is 12.1 Å². The van der Waals surface area contributed by atoms with Crippen LogP contribution in [0.3, 0.4) is 0 Å². The molecule has 0 unspecified atom stereocenters. The molecular weight excluding hydrogens is 140 g/mol. The van der Waals surface area contributed by atoms with E-state index in [1.54, 1.807) is 13.3 Å². The van der Waals surface area contributed by atoms with Gasteiger partial charge >= 0.3 is 0 Å². The van der Waals surface area contributed by atoms with Gasteiger partial charge in [-0.2, -0.15) is 0 Å². The van der Waals surface area contributed by atoms with Crippen molar-refractivity contribution in [3.05, 3.63) is 23.9 Å². The minimum atomic E-state index is 0.627. The maximum atomic E-state index is 5.40. The zero-order valence-electron chi connectivity index (χ0n) is 6.58. The molecule has 0 aromatic carbocycles. The summed E-state index contributed by atoms with van der Waals surface area (Å²) < 4.78 is 5.03. The average Bonchev–Trinajstić information content (AvgIpc) is 2.06. The fourth-order valence-corrected chi connectivity index (χ4v) is 0.954. The maximum absolute atomic E-state index is 5.40. The molecule has 0 saturated heterocycles. The molecule has 0 saturated carbocycles. The number of methoxy groups -OCH3 is 1. The molecule has 0 atom stereocenters. The average molecular weight is 152 g/mol. The number of nitrogens with two attached hydrogens (primary N) is 1. The summed E-state index contributed by atoms with van der Waals surface area (Å²) in [6.45, 7) is 0.627. The fourth-order valence-electron chi connectivity index (χ4n) is 0.954. The summed E-state index contributed by atoms with van der Waals surface area (Å²) in [5.41, 5.74) is 6.47. The van der Waals surface area contributed by atoms with Gasteiger partial charge in [-0.1, -0.05) is 6.07 Å². The fraction of sp³-hybridized carbons (Fsp3) is 0.375. The second-order valence-electron chi connectivity index (χ2n) is 2.21. The minimum absolute atomic E-state index is 0.627. The topological polar surface area (TPSA) is 48.1 Å². The monoisotopic (exact) mass is 152 g/mol. The van der Waals surface area contributed by atoms with Crippen molar-refractivity contribution in [2.45, 2.75) is 6.42 Å². The third kappa shape index (κ3) is 1.91. The van der Waals surface area contributed by atoms with E-state index in [0.29, 0.717) is 12.4 Å². The predicted molar refractivity (Wildman–Crippen MR) is 43.5 cm³/mol. The van der Waals surface area contributed by atoms with Gasteiger partial charge in [-0.15, -0.1) is 0 Å². The molecule has 0 fully saturated rings. The van der Waals surface area contributed by atoms with Gasteiger partial charge in [0, 0.05) is 11.8 Å². The highest BCUT2D eigenvalue weighted by molar-refractivity contribution is 5.25. The van der Waals surface area contributed by atoms with Crippen LogP contribution in [0.25, 0.3) is 0 Å². The SMILES string of the molecule is COc1ncccc1CCN. The van der Waals surface area contributed by atoms with Crippen LogP contribution in [0, 0.1) is 0 Å². The Morgan fingerprint density at radius 1 is 1.64 bits per heavy atom. The van der Waals surface area contributed by atoms with Crippen LogP contribution in [0.5, 0.6) is 5.88 Å². The second-order valence-corrected chi connectivity index (χ2v) is 2.21. The third-order valence-electron chi connectivity index (χ3n) is 1.46. The van der Waals surface area contributed by atoms with Gasteiger partial charge < -0.3 is 10.5 Å². The summed E-state index contributed by atoms with van der Waals surface area (Å²) >= 11 is 0. The normalized spacial score (nSPS) is 9.64. The summed E-state index contributed by atoms with van der Waals surface area (Å²) in [5.74, 6) is 0.679. The van der Waals surface area contributed by atoms with Gasteiger partial charge in [0.1, 0.15) is 0 Å². The van der Waals surface area contributed by atoms with Crippen LogP contribution in [0.1, 0.15) is 5.56 Å². The van der Waals surface area contributed by atoms with Crippen LogP contribution in [-0.4, -0.2) is 18.6 Å². The van der Waals surface area contributed by atoms with E-state index >= 15 is 0 Å². The van der Waals surface area contributed by atoms with E-state index in [9.17, 15) is 0 Å². The van der Waals surface area contributed by atoms with E-state index in [1.165, 1.54) is 0 Å². The summed E-state index contributed by atoms with van der Waals surface area (Å²) in [4.78, 5) is 4.04. The smallest absolute Gasteiger partial charge is 0.216 e. The Morgan fingerprint density at radius 3 is 3.09 bits per heavy atom. The number of hydrogen-bond donors (Lipinski definition) is 1. The molecule has 60 valence electrons. The molecule has 0 aliphatic heterocycles. The Balaban J connectivity index is 2.83. The summed E-state index contributed by atoms with van der Waals surface area (Å²) in [5, 5.41) is 0. The van der Waals surface area contributed by atoms with Gasteiger partial charge in [-0.25, -0.2) is 4.98 Å². The van der Waals surface area contributed by atoms with Crippen LogP contribution in [0.15, 0.2) is 18.3 Å². The lowest BCUT2D eigenvalue weighted by atomic mass is 10.2. The number of pyridine rings is 1. The molecule has 3 heteroatoms. The lowest BCUT2D eigenvalue weighted by Gasteiger charge is -2.03. The van der Waals surface area contributed by atoms with E-state index in [4.69, 9.17) is 10.5 Å². The molecule has 2 N–H and O–H groups in total. The molecule has 0 radical (unpaired) electrons. The van der Waals surface area contributed by atoms with Crippen molar-refractivity contribution in [2.24, 2.45) is 5.73 Å². The highest BCUT2D eigenvalue weighted by Crippen LogP contribution is 2.12. The van der Waals surface area contributed by atoms with E-state index in [2.05, 4.69) is 4.98 Å². The molecule has 0 spiro atoms. The van der Waals surface area contributed by atoms with Gasteiger partial charge in [0.15, 0.2) is 0 Å². The van der Waals surface area contributed by atoms with Crippen LogP contribution in [0.2, 0.25) is 0 Å². The van der Waals surface area contributed by atoms with Gasteiger partial charge in [0.25, 0.3) is 0 Å².